The molecule has 0 radical (unpaired) electrons. The van der Waals surface area contributed by atoms with Crippen LogP contribution in [-0.4, -0.2) is 18.3 Å². The van der Waals surface area contributed by atoms with Crippen molar-refractivity contribution in [2.45, 2.75) is 0 Å². The zero-order valence-electron chi connectivity index (χ0n) is 9.09. The molecular formula is C12H11N3O2. The first-order valence-electron chi connectivity index (χ1n) is 5.15. The van der Waals surface area contributed by atoms with Crippen LogP contribution in [-0.2, 0) is 0 Å². The van der Waals surface area contributed by atoms with E-state index in [4.69, 9.17) is 20.3 Å². The van der Waals surface area contributed by atoms with Gasteiger partial charge in [0.05, 0.1) is 0 Å². The second-order valence-corrected chi connectivity index (χ2v) is 3.31. The van der Waals surface area contributed by atoms with Gasteiger partial charge >= 0.3 is 0 Å². The van der Waals surface area contributed by atoms with Gasteiger partial charge in [0.1, 0.15) is 12.7 Å². The largest absolute Gasteiger partial charge is 0.473 e. The van der Waals surface area contributed by atoms with Crippen molar-refractivity contribution < 1.29 is 9.26 Å². The first-order valence-corrected chi connectivity index (χ1v) is 5.15. The lowest BCUT2D eigenvalue weighted by Gasteiger charge is -1.98. The highest BCUT2D eigenvalue weighted by molar-refractivity contribution is 5.66. The number of nitriles is 1. The van der Waals surface area contributed by atoms with Crippen molar-refractivity contribution in [3.8, 4) is 23.3 Å². The van der Waals surface area contributed by atoms with Crippen molar-refractivity contribution in [2.75, 3.05) is 13.2 Å². The van der Waals surface area contributed by atoms with E-state index in [1.165, 1.54) is 0 Å². The van der Waals surface area contributed by atoms with E-state index in [1.54, 1.807) is 0 Å². The maximum atomic E-state index is 9.09. The van der Waals surface area contributed by atoms with Gasteiger partial charge in [0.2, 0.25) is 0 Å². The van der Waals surface area contributed by atoms with Gasteiger partial charge in [0, 0.05) is 12.1 Å². The van der Waals surface area contributed by atoms with Crippen LogP contribution in [0.2, 0.25) is 0 Å². The van der Waals surface area contributed by atoms with Crippen molar-refractivity contribution >= 4 is 0 Å². The summed E-state index contributed by atoms with van der Waals surface area (Å²) in [7, 11) is 0. The van der Waals surface area contributed by atoms with Gasteiger partial charge in [-0.15, -0.1) is 0 Å². The third-order valence-corrected chi connectivity index (χ3v) is 2.17. The molecule has 2 rings (SSSR count). The molecule has 2 N–H and O–H groups in total. The molecule has 5 nitrogen and oxygen atoms in total. The summed E-state index contributed by atoms with van der Waals surface area (Å²) in [5.74, 6) is 0.608. The number of ether oxygens (including phenoxy) is 1. The third-order valence-electron chi connectivity index (χ3n) is 2.17. The summed E-state index contributed by atoms with van der Waals surface area (Å²) >= 11 is 0. The minimum Gasteiger partial charge on any atom is -0.473 e. The fourth-order valence-electron chi connectivity index (χ4n) is 1.41. The van der Waals surface area contributed by atoms with Crippen LogP contribution in [0.15, 0.2) is 34.9 Å². The van der Waals surface area contributed by atoms with Crippen LogP contribution in [0.5, 0.6) is 5.88 Å². The monoisotopic (exact) mass is 229 g/mol. The minimum absolute atomic E-state index is 0.191. The Bertz CT molecular complexity index is 528. The van der Waals surface area contributed by atoms with E-state index in [0.29, 0.717) is 24.5 Å². The lowest BCUT2D eigenvalue weighted by molar-refractivity contribution is 0.288. The van der Waals surface area contributed by atoms with E-state index in [0.717, 1.165) is 5.56 Å². The second-order valence-electron chi connectivity index (χ2n) is 3.31. The van der Waals surface area contributed by atoms with E-state index in [-0.39, 0.29) is 5.88 Å². The fraction of sp³-hybridized carbons (Fsp3) is 0.167. The molecule has 2 aromatic rings. The Morgan fingerprint density at radius 3 is 2.76 bits per heavy atom. The standard InChI is InChI=1S/C12H11N3O2/c13-6-7-16-12-10(8-14)11(17-15-12)9-4-2-1-3-5-9/h1-5H,6-7,13H2. The average Bonchev–Trinajstić information content (AvgIpc) is 2.80. The number of aromatic nitrogens is 1. The first-order chi connectivity index (χ1) is 8.36. The van der Waals surface area contributed by atoms with Crippen molar-refractivity contribution in [1.29, 1.82) is 5.26 Å². The van der Waals surface area contributed by atoms with Gasteiger partial charge in [0.15, 0.2) is 11.3 Å². The molecule has 0 atom stereocenters. The van der Waals surface area contributed by atoms with Crippen molar-refractivity contribution in [3.63, 3.8) is 0 Å². The molecule has 0 saturated heterocycles. The Morgan fingerprint density at radius 2 is 2.12 bits per heavy atom. The van der Waals surface area contributed by atoms with Crippen LogP contribution in [0.25, 0.3) is 11.3 Å². The maximum absolute atomic E-state index is 9.09. The van der Waals surface area contributed by atoms with Crippen molar-refractivity contribution in [3.05, 3.63) is 35.9 Å². The number of nitrogens with two attached hydrogens (primary N) is 1. The SMILES string of the molecule is N#Cc1c(OCCN)noc1-c1ccccc1. The Labute approximate surface area is 98.4 Å². The molecular weight excluding hydrogens is 218 g/mol. The second kappa shape index (κ2) is 5.14. The molecule has 0 spiro atoms. The smallest absolute Gasteiger partial charge is 0.273 e. The van der Waals surface area contributed by atoms with Crippen LogP contribution in [0.4, 0.5) is 0 Å². The molecule has 0 aliphatic heterocycles. The average molecular weight is 229 g/mol. The molecule has 86 valence electrons. The molecule has 0 bridgehead atoms. The zero-order valence-corrected chi connectivity index (χ0v) is 9.09. The Balaban J connectivity index is 2.37. The minimum atomic E-state index is 0.191. The summed E-state index contributed by atoms with van der Waals surface area (Å²) in [6.45, 7) is 0.661. The van der Waals surface area contributed by atoms with Gasteiger partial charge in [-0.25, -0.2) is 0 Å². The molecule has 0 saturated carbocycles. The number of hydrogen-bond donors (Lipinski definition) is 1. The summed E-state index contributed by atoms with van der Waals surface area (Å²) in [6.07, 6.45) is 0. The molecule has 5 heteroatoms. The summed E-state index contributed by atoms with van der Waals surface area (Å²) in [4.78, 5) is 0. The van der Waals surface area contributed by atoms with Crippen LogP contribution < -0.4 is 10.5 Å². The highest BCUT2D eigenvalue weighted by atomic mass is 16.5. The summed E-state index contributed by atoms with van der Waals surface area (Å²) in [5.41, 5.74) is 6.41. The molecule has 1 aromatic carbocycles. The van der Waals surface area contributed by atoms with Crippen LogP contribution in [0.1, 0.15) is 5.56 Å². The maximum Gasteiger partial charge on any atom is 0.273 e. The van der Waals surface area contributed by atoms with Gasteiger partial charge in [-0.3, -0.25) is 0 Å². The quantitative estimate of drug-likeness (QED) is 0.859. The zero-order chi connectivity index (χ0) is 12.1. The van der Waals surface area contributed by atoms with Crippen molar-refractivity contribution in [2.24, 2.45) is 5.73 Å². The molecule has 1 heterocycles. The van der Waals surface area contributed by atoms with E-state index in [9.17, 15) is 0 Å². The third kappa shape index (κ3) is 2.27. The van der Waals surface area contributed by atoms with Gasteiger partial charge in [-0.1, -0.05) is 30.3 Å². The lowest BCUT2D eigenvalue weighted by Crippen LogP contribution is -2.11. The predicted octanol–water partition coefficient (Wildman–Crippen LogP) is 1.55. The Morgan fingerprint density at radius 1 is 1.35 bits per heavy atom. The fourth-order valence-corrected chi connectivity index (χ4v) is 1.41. The molecule has 0 fully saturated rings. The topological polar surface area (TPSA) is 85.1 Å². The number of nitrogens with zero attached hydrogens (tertiary/aromatic N) is 2. The predicted molar refractivity (Wildman–Crippen MR) is 61.2 cm³/mol. The highest BCUT2D eigenvalue weighted by Gasteiger charge is 2.18. The van der Waals surface area contributed by atoms with Crippen molar-refractivity contribution in [1.82, 2.24) is 5.16 Å². The van der Waals surface area contributed by atoms with E-state index >= 15 is 0 Å². The Hall–Kier alpha value is -2.32. The molecule has 17 heavy (non-hydrogen) atoms. The summed E-state index contributed by atoms with van der Waals surface area (Å²) < 4.78 is 10.4. The Kier molecular flexibility index (Phi) is 3.38. The van der Waals surface area contributed by atoms with Gasteiger partial charge in [0.25, 0.3) is 5.88 Å². The number of rotatable bonds is 4. The highest BCUT2D eigenvalue weighted by Crippen LogP contribution is 2.29. The molecule has 0 unspecified atom stereocenters. The van der Waals surface area contributed by atoms with Crippen LogP contribution in [0, 0.1) is 11.3 Å². The molecule has 0 aliphatic carbocycles. The van der Waals surface area contributed by atoms with Crippen LogP contribution in [0.3, 0.4) is 0 Å². The summed E-state index contributed by atoms with van der Waals surface area (Å²) in [5, 5.41) is 12.8. The normalized spacial score (nSPS) is 9.88. The molecule has 0 aliphatic rings. The van der Waals surface area contributed by atoms with Gasteiger partial charge in [-0.2, -0.15) is 5.26 Å². The molecule has 0 amide bonds. The summed E-state index contributed by atoms with van der Waals surface area (Å²) in [6, 6.07) is 11.3. The number of benzene rings is 1. The van der Waals surface area contributed by atoms with Crippen LogP contribution >= 0.6 is 0 Å². The van der Waals surface area contributed by atoms with Gasteiger partial charge < -0.3 is 15.0 Å². The lowest BCUT2D eigenvalue weighted by atomic mass is 10.1. The van der Waals surface area contributed by atoms with E-state index in [1.807, 2.05) is 36.4 Å². The van der Waals surface area contributed by atoms with Gasteiger partial charge in [-0.05, 0) is 5.16 Å². The number of hydrogen-bond acceptors (Lipinski definition) is 5. The molecule has 1 aromatic heterocycles. The van der Waals surface area contributed by atoms with E-state index < -0.39 is 0 Å². The first kappa shape index (κ1) is 11.2. The van der Waals surface area contributed by atoms with E-state index in [2.05, 4.69) is 5.16 Å².